The van der Waals surface area contributed by atoms with E-state index in [1.54, 1.807) is 19.1 Å². The molecule has 0 saturated carbocycles. The van der Waals surface area contributed by atoms with Crippen molar-refractivity contribution < 1.29 is 9.66 Å². The summed E-state index contributed by atoms with van der Waals surface area (Å²) in [5.41, 5.74) is -0.342. The average molecular weight is 296 g/mol. The highest BCUT2D eigenvalue weighted by atomic mass is 35.5. The van der Waals surface area contributed by atoms with E-state index in [1.165, 1.54) is 12.5 Å². The van der Waals surface area contributed by atoms with Crippen molar-refractivity contribution in [1.82, 2.24) is 15.0 Å². The number of aromatic nitrogens is 3. The van der Waals surface area contributed by atoms with Crippen LogP contribution in [-0.4, -0.2) is 26.5 Å². The van der Waals surface area contributed by atoms with E-state index >= 15 is 0 Å². The second kappa shape index (κ2) is 6.11. The Labute approximate surface area is 118 Å². The van der Waals surface area contributed by atoms with Crippen molar-refractivity contribution in [2.75, 3.05) is 11.9 Å². The average Bonchev–Trinajstić information content (AvgIpc) is 2.41. The van der Waals surface area contributed by atoms with Crippen LogP contribution in [0.3, 0.4) is 0 Å². The number of rotatable bonds is 5. The summed E-state index contributed by atoms with van der Waals surface area (Å²) in [4.78, 5) is 22.1. The molecular weight excluding hydrogens is 286 g/mol. The number of pyridine rings is 1. The van der Waals surface area contributed by atoms with Crippen LogP contribution in [0.5, 0.6) is 5.88 Å². The minimum absolute atomic E-state index is 0.00303. The number of hydrogen-bond acceptors (Lipinski definition) is 7. The lowest BCUT2D eigenvalue weighted by molar-refractivity contribution is -0.385. The van der Waals surface area contributed by atoms with E-state index in [4.69, 9.17) is 16.3 Å². The Balaban J connectivity index is 2.37. The predicted molar refractivity (Wildman–Crippen MR) is 72.4 cm³/mol. The number of nitrogens with one attached hydrogen (secondary N) is 1. The molecule has 2 heterocycles. The topological polar surface area (TPSA) is 103 Å². The Morgan fingerprint density at radius 1 is 1.40 bits per heavy atom. The first kappa shape index (κ1) is 13.9. The molecule has 2 rings (SSSR count). The summed E-state index contributed by atoms with van der Waals surface area (Å²) in [6.07, 6.45) is 2.59. The molecule has 0 aliphatic carbocycles. The molecule has 9 heteroatoms. The van der Waals surface area contributed by atoms with Crippen LogP contribution in [0.1, 0.15) is 6.92 Å². The first-order valence-electron chi connectivity index (χ1n) is 5.62. The number of nitro groups is 1. The van der Waals surface area contributed by atoms with Gasteiger partial charge < -0.3 is 10.1 Å². The molecule has 1 N–H and O–H groups in total. The number of hydrogen-bond donors (Lipinski definition) is 1. The first-order valence-corrected chi connectivity index (χ1v) is 6.00. The van der Waals surface area contributed by atoms with Gasteiger partial charge in [0, 0.05) is 6.20 Å². The fourth-order valence-corrected chi connectivity index (χ4v) is 1.54. The molecule has 0 aliphatic heterocycles. The van der Waals surface area contributed by atoms with E-state index in [0.717, 1.165) is 0 Å². The summed E-state index contributed by atoms with van der Waals surface area (Å²) in [5.74, 6) is 0.283. The zero-order valence-electron chi connectivity index (χ0n) is 10.4. The lowest BCUT2D eigenvalue weighted by atomic mass is 10.4. The Morgan fingerprint density at radius 3 is 2.80 bits per heavy atom. The van der Waals surface area contributed by atoms with Gasteiger partial charge in [-0.15, -0.1) is 0 Å². The monoisotopic (exact) mass is 295 g/mol. The molecule has 0 spiro atoms. The molecule has 0 amide bonds. The molecule has 20 heavy (non-hydrogen) atoms. The highest BCUT2D eigenvalue weighted by molar-refractivity contribution is 6.30. The molecule has 0 atom stereocenters. The maximum atomic E-state index is 11.1. The molecule has 0 aliphatic rings. The molecule has 0 fully saturated rings. The third-order valence-corrected chi connectivity index (χ3v) is 2.45. The van der Waals surface area contributed by atoms with Gasteiger partial charge in [-0.25, -0.2) is 9.97 Å². The third-order valence-electron chi connectivity index (χ3n) is 2.23. The van der Waals surface area contributed by atoms with Crippen molar-refractivity contribution in [2.45, 2.75) is 6.92 Å². The summed E-state index contributed by atoms with van der Waals surface area (Å²) < 4.78 is 5.12. The summed E-state index contributed by atoms with van der Waals surface area (Å²) in [6.45, 7) is 1.97. The van der Waals surface area contributed by atoms with Gasteiger partial charge in [-0.2, -0.15) is 4.98 Å². The van der Waals surface area contributed by atoms with E-state index in [1.807, 2.05) is 0 Å². The SMILES string of the molecule is CCOc1ncnc(Nc2ccc(Cl)cn2)c1[N+](=O)[O-]. The molecule has 104 valence electrons. The van der Waals surface area contributed by atoms with Gasteiger partial charge in [0.1, 0.15) is 12.1 Å². The second-order valence-corrected chi connectivity index (χ2v) is 3.99. The molecule has 0 saturated heterocycles. The van der Waals surface area contributed by atoms with Crippen LogP contribution in [0.4, 0.5) is 17.3 Å². The third kappa shape index (κ3) is 3.09. The number of nitrogens with zero attached hydrogens (tertiary/aromatic N) is 4. The Bertz CT molecular complexity index is 620. The molecule has 8 nitrogen and oxygen atoms in total. The second-order valence-electron chi connectivity index (χ2n) is 3.55. The fraction of sp³-hybridized carbons (Fsp3) is 0.182. The molecular formula is C11H10ClN5O3. The fourth-order valence-electron chi connectivity index (χ4n) is 1.43. The lowest BCUT2D eigenvalue weighted by Gasteiger charge is -2.07. The highest BCUT2D eigenvalue weighted by Gasteiger charge is 2.24. The van der Waals surface area contributed by atoms with Gasteiger partial charge in [-0.3, -0.25) is 10.1 Å². The molecule has 0 aromatic carbocycles. The van der Waals surface area contributed by atoms with Gasteiger partial charge in [0.2, 0.25) is 5.82 Å². The van der Waals surface area contributed by atoms with Crippen LogP contribution in [-0.2, 0) is 0 Å². The molecule has 0 unspecified atom stereocenters. The lowest BCUT2D eigenvalue weighted by Crippen LogP contribution is -2.05. The minimum atomic E-state index is -0.608. The summed E-state index contributed by atoms with van der Waals surface area (Å²) in [6, 6.07) is 3.18. The largest absolute Gasteiger partial charge is 0.473 e. The van der Waals surface area contributed by atoms with Crippen molar-refractivity contribution in [1.29, 1.82) is 0 Å². The first-order chi connectivity index (χ1) is 9.61. The van der Waals surface area contributed by atoms with Gasteiger partial charge in [0.15, 0.2) is 0 Å². The van der Waals surface area contributed by atoms with Gasteiger partial charge in [0.25, 0.3) is 5.88 Å². The van der Waals surface area contributed by atoms with Crippen molar-refractivity contribution in [2.24, 2.45) is 0 Å². The molecule has 0 radical (unpaired) electrons. The Kier molecular flexibility index (Phi) is 4.26. The van der Waals surface area contributed by atoms with Crippen LogP contribution in [0, 0.1) is 10.1 Å². The molecule has 2 aromatic rings. The maximum absolute atomic E-state index is 11.1. The van der Waals surface area contributed by atoms with E-state index in [0.29, 0.717) is 10.8 Å². The summed E-state index contributed by atoms with van der Waals surface area (Å²) in [5, 5.41) is 14.3. The van der Waals surface area contributed by atoms with Crippen LogP contribution in [0.15, 0.2) is 24.7 Å². The smallest absolute Gasteiger partial charge is 0.373 e. The van der Waals surface area contributed by atoms with E-state index in [2.05, 4.69) is 20.3 Å². The molecule has 0 bridgehead atoms. The Hall–Kier alpha value is -2.48. The zero-order chi connectivity index (χ0) is 14.5. The van der Waals surface area contributed by atoms with Crippen LogP contribution in [0.2, 0.25) is 5.02 Å². The van der Waals surface area contributed by atoms with Crippen LogP contribution < -0.4 is 10.1 Å². The summed E-state index contributed by atoms with van der Waals surface area (Å²) in [7, 11) is 0. The van der Waals surface area contributed by atoms with Crippen molar-refractivity contribution in [3.8, 4) is 5.88 Å². The van der Waals surface area contributed by atoms with E-state index in [-0.39, 0.29) is 24.0 Å². The van der Waals surface area contributed by atoms with Crippen molar-refractivity contribution in [3.05, 3.63) is 39.8 Å². The maximum Gasteiger partial charge on any atom is 0.373 e. The van der Waals surface area contributed by atoms with E-state index < -0.39 is 4.92 Å². The zero-order valence-corrected chi connectivity index (χ0v) is 11.2. The summed E-state index contributed by atoms with van der Waals surface area (Å²) >= 11 is 5.72. The Morgan fingerprint density at radius 2 is 2.20 bits per heavy atom. The normalized spacial score (nSPS) is 10.1. The quantitative estimate of drug-likeness (QED) is 0.667. The van der Waals surface area contributed by atoms with Gasteiger partial charge in [0.05, 0.1) is 16.6 Å². The minimum Gasteiger partial charge on any atom is -0.473 e. The predicted octanol–water partition coefficient (Wildman–Crippen LogP) is 2.58. The van der Waals surface area contributed by atoms with E-state index in [9.17, 15) is 10.1 Å². The standard InChI is InChI=1S/C11H10ClN5O3/c1-2-20-11-9(17(18)19)10(14-6-15-11)16-8-4-3-7(12)5-13-8/h3-6H,2H2,1H3,(H,13,14,15,16). The number of ether oxygens (including phenoxy) is 1. The molecule has 2 aromatic heterocycles. The highest BCUT2D eigenvalue weighted by Crippen LogP contribution is 2.32. The van der Waals surface area contributed by atoms with Gasteiger partial charge in [-0.1, -0.05) is 11.6 Å². The number of halogens is 1. The van der Waals surface area contributed by atoms with Crippen molar-refractivity contribution >= 4 is 28.9 Å². The van der Waals surface area contributed by atoms with Crippen LogP contribution in [0.25, 0.3) is 0 Å². The van der Waals surface area contributed by atoms with Gasteiger partial charge in [-0.05, 0) is 19.1 Å². The van der Waals surface area contributed by atoms with Crippen LogP contribution >= 0.6 is 11.6 Å². The number of anilines is 2. The van der Waals surface area contributed by atoms with Gasteiger partial charge >= 0.3 is 5.69 Å². The van der Waals surface area contributed by atoms with Crippen molar-refractivity contribution in [3.63, 3.8) is 0 Å².